The van der Waals surface area contributed by atoms with E-state index in [2.05, 4.69) is 10.3 Å². The number of ether oxygens (including phenoxy) is 1. The summed E-state index contributed by atoms with van der Waals surface area (Å²) in [6.07, 6.45) is 0.673. The molecular weight excluding hydrogens is 260 g/mol. The van der Waals surface area contributed by atoms with Crippen LogP contribution in [0.1, 0.15) is 23.1 Å². The molecule has 0 saturated heterocycles. The van der Waals surface area contributed by atoms with Crippen molar-refractivity contribution in [1.29, 1.82) is 0 Å². The smallest absolute Gasteiger partial charge is 0.360 e. The van der Waals surface area contributed by atoms with E-state index in [1.54, 1.807) is 31.2 Å². The highest BCUT2D eigenvalue weighted by Gasteiger charge is 2.21. The summed E-state index contributed by atoms with van der Waals surface area (Å²) in [6.45, 7) is 1.91. The molecule has 0 amide bonds. The quantitative estimate of drug-likeness (QED) is 0.491. The molecule has 0 atom stereocenters. The van der Waals surface area contributed by atoms with Gasteiger partial charge in [0.05, 0.1) is 23.7 Å². The fraction of sp³-hybridized carbons (Fsp3) is 0.231. The van der Waals surface area contributed by atoms with Crippen molar-refractivity contribution in [2.24, 2.45) is 0 Å². The molecule has 0 aliphatic rings. The van der Waals surface area contributed by atoms with Crippen molar-refractivity contribution in [2.45, 2.75) is 13.3 Å². The molecule has 0 fully saturated rings. The van der Waals surface area contributed by atoms with Crippen molar-refractivity contribution in [3.8, 4) is 5.69 Å². The molecule has 1 aromatic heterocycles. The van der Waals surface area contributed by atoms with Gasteiger partial charge in [0.25, 0.3) is 0 Å². The zero-order valence-electron chi connectivity index (χ0n) is 10.9. The van der Waals surface area contributed by atoms with E-state index in [0.717, 1.165) is 0 Å². The highest BCUT2D eigenvalue weighted by atomic mass is 16.5. The van der Waals surface area contributed by atoms with E-state index >= 15 is 0 Å². The van der Waals surface area contributed by atoms with E-state index < -0.39 is 5.97 Å². The molecule has 0 aliphatic heterocycles. The topological polar surface area (TPSA) is 100 Å². The summed E-state index contributed by atoms with van der Waals surface area (Å²) in [4.78, 5) is 22.6. The van der Waals surface area contributed by atoms with E-state index in [4.69, 9.17) is 10.5 Å². The summed E-state index contributed by atoms with van der Waals surface area (Å²) in [5.74, 6) is -0.606. The van der Waals surface area contributed by atoms with Gasteiger partial charge < -0.3 is 15.3 Å². The van der Waals surface area contributed by atoms with Crippen molar-refractivity contribution in [1.82, 2.24) is 15.0 Å². The molecule has 2 N–H and O–H groups in total. The van der Waals surface area contributed by atoms with Gasteiger partial charge in [0.2, 0.25) is 0 Å². The second-order valence-corrected chi connectivity index (χ2v) is 3.95. The van der Waals surface area contributed by atoms with Crippen LogP contribution in [0, 0.1) is 0 Å². The van der Waals surface area contributed by atoms with Crippen LogP contribution >= 0.6 is 0 Å². The molecule has 0 radical (unpaired) electrons. The van der Waals surface area contributed by atoms with Crippen LogP contribution in [0.25, 0.3) is 5.69 Å². The van der Waals surface area contributed by atoms with E-state index in [1.807, 2.05) is 0 Å². The van der Waals surface area contributed by atoms with Crippen molar-refractivity contribution >= 4 is 17.9 Å². The maximum absolute atomic E-state index is 11.8. The number of para-hydroxylation sites is 2. The molecule has 7 nitrogen and oxygen atoms in total. The summed E-state index contributed by atoms with van der Waals surface area (Å²) < 4.78 is 6.28. The molecule has 1 aromatic carbocycles. The lowest BCUT2D eigenvalue weighted by atomic mass is 10.2. The molecule has 0 bridgehead atoms. The fourth-order valence-electron chi connectivity index (χ4n) is 1.80. The van der Waals surface area contributed by atoms with Crippen molar-refractivity contribution < 1.29 is 14.3 Å². The number of hydrogen-bond acceptors (Lipinski definition) is 6. The molecule has 0 saturated carbocycles. The van der Waals surface area contributed by atoms with Gasteiger partial charge >= 0.3 is 5.97 Å². The summed E-state index contributed by atoms with van der Waals surface area (Å²) in [5, 5.41) is 7.69. The van der Waals surface area contributed by atoms with Gasteiger partial charge in [-0.3, -0.25) is 0 Å². The minimum Gasteiger partial charge on any atom is -0.461 e. The zero-order valence-corrected chi connectivity index (χ0v) is 10.9. The number of nitrogen functional groups attached to an aromatic ring is 1. The molecule has 0 aliphatic carbocycles. The first-order valence-electron chi connectivity index (χ1n) is 6.09. The Bertz CT molecular complexity index is 636. The lowest BCUT2D eigenvalue weighted by molar-refractivity contribution is -0.107. The second kappa shape index (κ2) is 5.96. The average molecular weight is 274 g/mol. The minimum absolute atomic E-state index is 0.00448. The Labute approximate surface area is 115 Å². The third-order valence-corrected chi connectivity index (χ3v) is 2.67. The predicted molar refractivity (Wildman–Crippen MR) is 71.5 cm³/mol. The SMILES string of the molecule is CCOC(=O)c1nnn(-c2ccccc2N)c1CC=O. The average Bonchev–Trinajstić information content (AvgIpc) is 2.84. The van der Waals surface area contributed by atoms with E-state index in [9.17, 15) is 9.59 Å². The van der Waals surface area contributed by atoms with Gasteiger partial charge in [-0.1, -0.05) is 17.3 Å². The summed E-state index contributed by atoms with van der Waals surface area (Å²) in [6, 6.07) is 6.99. The van der Waals surface area contributed by atoms with Gasteiger partial charge in [0, 0.05) is 6.42 Å². The third-order valence-electron chi connectivity index (χ3n) is 2.67. The first-order chi connectivity index (χ1) is 9.69. The summed E-state index contributed by atoms with van der Waals surface area (Å²) >= 11 is 0. The summed E-state index contributed by atoms with van der Waals surface area (Å²) in [5.41, 5.74) is 7.29. The number of carbonyl (C=O) groups is 2. The molecule has 2 rings (SSSR count). The largest absolute Gasteiger partial charge is 0.461 e. The second-order valence-electron chi connectivity index (χ2n) is 3.95. The molecule has 2 aromatic rings. The van der Waals surface area contributed by atoms with Gasteiger partial charge in [-0.2, -0.15) is 0 Å². The number of rotatable bonds is 5. The first kappa shape index (κ1) is 13.7. The predicted octanol–water partition coefficient (Wildman–Crippen LogP) is 0.768. The molecule has 0 unspecified atom stereocenters. The highest BCUT2D eigenvalue weighted by Crippen LogP contribution is 2.19. The summed E-state index contributed by atoms with van der Waals surface area (Å²) in [7, 11) is 0. The maximum Gasteiger partial charge on any atom is 0.360 e. The monoisotopic (exact) mass is 274 g/mol. The number of carbonyl (C=O) groups excluding carboxylic acids is 2. The van der Waals surface area contributed by atoms with Crippen LogP contribution in [0.3, 0.4) is 0 Å². The lowest BCUT2D eigenvalue weighted by Crippen LogP contribution is -2.11. The van der Waals surface area contributed by atoms with Gasteiger partial charge in [-0.05, 0) is 19.1 Å². The van der Waals surface area contributed by atoms with Crippen molar-refractivity contribution in [2.75, 3.05) is 12.3 Å². The van der Waals surface area contributed by atoms with Gasteiger partial charge in [-0.15, -0.1) is 5.10 Å². The normalized spacial score (nSPS) is 10.2. The van der Waals surface area contributed by atoms with Crippen molar-refractivity contribution in [3.63, 3.8) is 0 Å². The Morgan fingerprint density at radius 1 is 1.45 bits per heavy atom. The number of nitrogens with zero attached hydrogens (tertiary/aromatic N) is 3. The number of hydrogen-bond donors (Lipinski definition) is 1. The number of nitrogens with two attached hydrogens (primary N) is 1. The Hall–Kier alpha value is -2.70. The maximum atomic E-state index is 11.8. The van der Waals surface area contributed by atoms with Crippen molar-refractivity contribution in [3.05, 3.63) is 35.7 Å². The van der Waals surface area contributed by atoms with Gasteiger partial charge in [-0.25, -0.2) is 9.48 Å². The van der Waals surface area contributed by atoms with E-state index in [0.29, 0.717) is 23.4 Å². The Morgan fingerprint density at radius 2 is 2.20 bits per heavy atom. The number of aldehydes is 1. The molecule has 104 valence electrons. The minimum atomic E-state index is -0.606. The van der Waals surface area contributed by atoms with Crippen LogP contribution in [0.2, 0.25) is 0 Å². The van der Waals surface area contributed by atoms with Crippen LogP contribution in [-0.4, -0.2) is 33.9 Å². The zero-order chi connectivity index (χ0) is 14.5. The fourth-order valence-corrected chi connectivity index (χ4v) is 1.80. The highest BCUT2D eigenvalue weighted by molar-refractivity contribution is 5.89. The number of esters is 1. The van der Waals surface area contributed by atoms with Crippen LogP contribution < -0.4 is 5.73 Å². The lowest BCUT2D eigenvalue weighted by Gasteiger charge is -2.07. The Balaban J connectivity index is 2.52. The molecular formula is C13H14N4O3. The van der Waals surface area contributed by atoms with E-state index in [1.165, 1.54) is 4.68 Å². The van der Waals surface area contributed by atoms with Crippen LogP contribution in [0.15, 0.2) is 24.3 Å². The standard InChI is InChI=1S/C13H14N4O3/c1-2-20-13(19)12-11(7-8-18)17(16-15-12)10-6-4-3-5-9(10)14/h3-6,8H,2,7,14H2,1H3. The number of benzene rings is 1. The Morgan fingerprint density at radius 3 is 2.85 bits per heavy atom. The Kier molecular flexibility index (Phi) is 4.09. The third kappa shape index (κ3) is 2.51. The molecule has 0 spiro atoms. The van der Waals surface area contributed by atoms with E-state index in [-0.39, 0.29) is 18.7 Å². The molecule has 1 heterocycles. The van der Waals surface area contributed by atoms with Crippen LogP contribution in [-0.2, 0) is 16.0 Å². The number of aromatic nitrogens is 3. The first-order valence-corrected chi connectivity index (χ1v) is 6.09. The number of anilines is 1. The van der Waals surface area contributed by atoms with Crippen LogP contribution in [0.5, 0.6) is 0 Å². The van der Waals surface area contributed by atoms with Gasteiger partial charge in [0.1, 0.15) is 6.29 Å². The molecule has 20 heavy (non-hydrogen) atoms. The molecule has 7 heteroatoms. The van der Waals surface area contributed by atoms with Gasteiger partial charge in [0.15, 0.2) is 5.69 Å². The van der Waals surface area contributed by atoms with Crippen LogP contribution in [0.4, 0.5) is 5.69 Å².